The molecule has 0 aliphatic heterocycles. The van der Waals surface area contributed by atoms with Crippen LogP contribution in [0.4, 0.5) is 5.69 Å². The third-order valence-corrected chi connectivity index (χ3v) is 6.37. The van der Waals surface area contributed by atoms with E-state index in [0.717, 1.165) is 6.26 Å². The van der Waals surface area contributed by atoms with Gasteiger partial charge in [0.1, 0.15) is 6.04 Å². The molecule has 0 fully saturated rings. The summed E-state index contributed by atoms with van der Waals surface area (Å²) >= 11 is 5.77. The van der Waals surface area contributed by atoms with Crippen molar-refractivity contribution in [2.75, 3.05) is 24.8 Å². The minimum absolute atomic E-state index is 0.0494. The van der Waals surface area contributed by atoms with Crippen LogP contribution in [0.15, 0.2) is 53.4 Å². The maximum atomic E-state index is 12.7. The predicted molar refractivity (Wildman–Crippen MR) is 122 cm³/mol. The number of rotatable bonds is 11. The molecule has 10 nitrogen and oxygen atoms in total. The summed E-state index contributed by atoms with van der Waals surface area (Å²) in [5, 5.41) is 2.80. The number of anilines is 1. The zero-order valence-corrected chi connectivity index (χ0v) is 20.2. The first-order valence-electron chi connectivity index (χ1n) is 9.57. The van der Waals surface area contributed by atoms with E-state index in [-0.39, 0.29) is 17.9 Å². The zero-order valence-electron chi connectivity index (χ0n) is 17.8. The van der Waals surface area contributed by atoms with E-state index in [1.165, 1.54) is 36.4 Å². The highest BCUT2D eigenvalue weighted by Crippen LogP contribution is 2.16. The van der Waals surface area contributed by atoms with Crippen molar-refractivity contribution in [1.82, 2.24) is 4.72 Å². The van der Waals surface area contributed by atoms with Gasteiger partial charge in [-0.2, -0.15) is 13.1 Å². The van der Waals surface area contributed by atoms with E-state index in [2.05, 4.69) is 14.2 Å². The summed E-state index contributed by atoms with van der Waals surface area (Å²) in [6.07, 6.45) is 0.825. The monoisotopic (exact) mass is 518 g/mol. The fourth-order valence-corrected chi connectivity index (χ4v) is 4.23. The van der Waals surface area contributed by atoms with Gasteiger partial charge < -0.3 is 10.1 Å². The number of carbonyl (C=O) groups excluding carboxylic acids is 2. The van der Waals surface area contributed by atoms with Gasteiger partial charge in [0.05, 0.1) is 30.8 Å². The van der Waals surface area contributed by atoms with Gasteiger partial charge in [0.2, 0.25) is 15.9 Å². The lowest BCUT2D eigenvalue weighted by atomic mass is 10.1. The molecule has 13 heteroatoms. The van der Waals surface area contributed by atoms with E-state index in [0.29, 0.717) is 16.3 Å². The molecule has 2 N–H and O–H groups in total. The molecule has 1 atom stereocenters. The van der Waals surface area contributed by atoms with Crippen LogP contribution in [0, 0.1) is 0 Å². The fourth-order valence-electron chi connectivity index (χ4n) is 2.54. The van der Waals surface area contributed by atoms with Crippen LogP contribution in [0.1, 0.15) is 12.5 Å². The van der Waals surface area contributed by atoms with Gasteiger partial charge in [-0.05, 0) is 48.9 Å². The van der Waals surface area contributed by atoms with Crippen molar-refractivity contribution in [3.05, 3.63) is 59.1 Å². The van der Waals surface area contributed by atoms with Crippen LogP contribution in [-0.4, -0.2) is 54.2 Å². The number of hydrogen-bond acceptors (Lipinski definition) is 8. The summed E-state index contributed by atoms with van der Waals surface area (Å²) in [5.41, 5.74) is 0.939. The maximum Gasteiger partial charge on any atom is 0.310 e. The zero-order chi connectivity index (χ0) is 24.6. The molecule has 180 valence electrons. The van der Waals surface area contributed by atoms with Gasteiger partial charge in [-0.3, -0.25) is 13.8 Å². The lowest BCUT2D eigenvalue weighted by molar-refractivity contribution is -0.142. The molecule has 0 heterocycles. The van der Waals surface area contributed by atoms with Crippen LogP contribution in [0.25, 0.3) is 0 Å². The Morgan fingerprint density at radius 1 is 1.00 bits per heavy atom. The standard InChI is InChI=1S/C20H23ClN2O8S2/c1-3-30-19(24)12-14-4-8-16(9-5-14)22-20(25)18(13-31-32(2,26)27)23-33(28,29)17-10-6-15(21)7-11-17/h4-11,18,23H,3,12-13H2,1-2H3,(H,22,25). The molecule has 0 radical (unpaired) electrons. The molecule has 0 saturated carbocycles. The molecule has 0 aromatic heterocycles. The molecular formula is C20H23ClN2O8S2. The largest absolute Gasteiger partial charge is 0.466 e. The molecule has 0 aliphatic carbocycles. The molecule has 2 aromatic rings. The first-order valence-corrected chi connectivity index (χ1v) is 13.2. The highest BCUT2D eigenvalue weighted by atomic mass is 35.5. The Hall–Kier alpha value is -2.51. The molecule has 0 bridgehead atoms. The van der Waals surface area contributed by atoms with Crippen molar-refractivity contribution in [2.24, 2.45) is 0 Å². The van der Waals surface area contributed by atoms with Crippen LogP contribution < -0.4 is 10.0 Å². The Kier molecular flexibility index (Phi) is 9.37. The number of nitrogens with one attached hydrogen (secondary N) is 2. The first-order chi connectivity index (χ1) is 15.4. The average Bonchev–Trinajstić information content (AvgIpc) is 2.72. The second-order valence-corrected chi connectivity index (χ2v) is 10.6. The maximum absolute atomic E-state index is 12.7. The van der Waals surface area contributed by atoms with E-state index < -0.39 is 44.7 Å². The van der Waals surface area contributed by atoms with Crippen LogP contribution in [0.2, 0.25) is 5.02 Å². The van der Waals surface area contributed by atoms with Crippen molar-refractivity contribution in [2.45, 2.75) is 24.3 Å². The van der Waals surface area contributed by atoms with E-state index >= 15 is 0 Å². The van der Waals surface area contributed by atoms with Crippen molar-refractivity contribution in [3.8, 4) is 0 Å². The Labute approximate surface area is 197 Å². The number of halogens is 1. The quantitative estimate of drug-likeness (QED) is 0.338. The van der Waals surface area contributed by atoms with Crippen LogP contribution in [0.5, 0.6) is 0 Å². The minimum Gasteiger partial charge on any atom is -0.466 e. The summed E-state index contributed by atoms with van der Waals surface area (Å²) in [7, 11) is -8.15. The number of hydrogen-bond donors (Lipinski definition) is 2. The third-order valence-electron chi connectivity index (χ3n) is 4.06. The van der Waals surface area contributed by atoms with Gasteiger partial charge in [-0.1, -0.05) is 23.7 Å². The fraction of sp³-hybridized carbons (Fsp3) is 0.300. The minimum atomic E-state index is -4.20. The summed E-state index contributed by atoms with van der Waals surface area (Å²) in [4.78, 5) is 24.1. The summed E-state index contributed by atoms with van der Waals surface area (Å²) in [6, 6.07) is 9.81. The summed E-state index contributed by atoms with van der Waals surface area (Å²) in [6.45, 7) is 1.19. The van der Waals surface area contributed by atoms with Crippen molar-refractivity contribution in [1.29, 1.82) is 0 Å². The SMILES string of the molecule is CCOC(=O)Cc1ccc(NC(=O)C(COS(C)(=O)=O)NS(=O)(=O)c2ccc(Cl)cc2)cc1. The number of ether oxygens (including phenoxy) is 1. The van der Waals surface area contributed by atoms with E-state index in [1.807, 2.05) is 0 Å². The Morgan fingerprint density at radius 2 is 1.61 bits per heavy atom. The Morgan fingerprint density at radius 3 is 2.15 bits per heavy atom. The second-order valence-electron chi connectivity index (χ2n) is 6.78. The van der Waals surface area contributed by atoms with Gasteiger partial charge in [0.15, 0.2) is 0 Å². The summed E-state index contributed by atoms with van der Waals surface area (Å²) < 4.78 is 59.7. The summed E-state index contributed by atoms with van der Waals surface area (Å²) in [5.74, 6) is -1.25. The predicted octanol–water partition coefficient (Wildman–Crippen LogP) is 1.71. The molecule has 1 amide bonds. The first kappa shape index (κ1) is 26.7. The van der Waals surface area contributed by atoms with E-state index in [9.17, 15) is 26.4 Å². The molecule has 0 aliphatic rings. The van der Waals surface area contributed by atoms with Crippen molar-refractivity contribution >= 4 is 49.3 Å². The van der Waals surface area contributed by atoms with E-state index in [1.54, 1.807) is 19.1 Å². The van der Waals surface area contributed by atoms with Gasteiger partial charge in [-0.15, -0.1) is 0 Å². The Bertz CT molecular complexity index is 1180. The third kappa shape index (κ3) is 9.10. The van der Waals surface area contributed by atoms with Gasteiger partial charge in [0.25, 0.3) is 10.1 Å². The smallest absolute Gasteiger partial charge is 0.310 e. The highest BCUT2D eigenvalue weighted by molar-refractivity contribution is 7.89. The topological polar surface area (TPSA) is 145 Å². The molecular weight excluding hydrogens is 496 g/mol. The molecule has 2 rings (SSSR count). The molecule has 33 heavy (non-hydrogen) atoms. The van der Waals surface area contributed by atoms with Gasteiger partial charge in [0, 0.05) is 10.7 Å². The second kappa shape index (κ2) is 11.6. The Balaban J connectivity index is 2.16. The molecule has 1 unspecified atom stereocenters. The lowest BCUT2D eigenvalue weighted by Gasteiger charge is -2.18. The van der Waals surface area contributed by atoms with Crippen molar-refractivity contribution in [3.63, 3.8) is 0 Å². The number of amides is 1. The average molecular weight is 519 g/mol. The highest BCUT2D eigenvalue weighted by Gasteiger charge is 2.27. The van der Waals surface area contributed by atoms with E-state index in [4.69, 9.17) is 16.3 Å². The number of sulfonamides is 1. The lowest BCUT2D eigenvalue weighted by Crippen LogP contribution is -2.47. The number of benzene rings is 2. The number of carbonyl (C=O) groups is 2. The van der Waals surface area contributed by atoms with Crippen LogP contribution in [-0.2, 0) is 45.1 Å². The van der Waals surface area contributed by atoms with Gasteiger partial charge in [-0.25, -0.2) is 8.42 Å². The van der Waals surface area contributed by atoms with Crippen LogP contribution in [0.3, 0.4) is 0 Å². The van der Waals surface area contributed by atoms with Crippen LogP contribution >= 0.6 is 11.6 Å². The van der Waals surface area contributed by atoms with Crippen molar-refractivity contribution < 1.29 is 35.3 Å². The normalized spacial score (nSPS) is 12.7. The van der Waals surface area contributed by atoms with Gasteiger partial charge >= 0.3 is 5.97 Å². The molecule has 0 spiro atoms. The number of esters is 1. The molecule has 2 aromatic carbocycles. The molecule has 0 saturated heterocycles.